The molecule has 0 bridgehead atoms. The van der Waals surface area contributed by atoms with Crippen molar-refractivity contribution in [2.45, 2.75) is 0 Å². The number of carbonyl (C=O) groups is 1. The van der Waals surface area contributed by atoms with Crippen LogP contribution in [0.25, 0.3) is 10.8 Å². The SMILES string of the molecule is COc1cc(NC(=O)Nc2cccc3ccccc23)ncn1. The molecule has 2 amide bonds. The zero-order chi connectivity index (χ0) is 15.4. The van der Waals surface area contributed by atoms with E-state index < -0.39 is 0 Å². The second kappa shape index (κ2) is 6.09. The number of carbonyl (C=O) groups excluding carboxylic acids is 1. The van der Waals surface area contributed by atoms with Crippen LogP contribution < -0.4 is 15.4 Å². The fourth-order valence-corrected chi connectivity index (χ4v) is 2.12. The lowest BCUT2D eigenvalue weighted by Gasteiger charge is -2.10. The molecule has 2 N–H and O–H groups in total. The van der Waals surface area contributed by atoms with Crippen molar-refractivity contribution in [2.75, 3.05) is 17.7 Å². The summed E-state index contributed by atoms with van der Waals surface area (Å²) in [7, 11) is 1.50. The van der Waals surface area contributed by atoms with Crippen LogP contribution in [0.15, 0.2) is 54.9 Å². The van der Waals surface area contributed by atoms with Crippen molar-refractivity contribution in [2.24, 2.45) is 0 Å². The van der Waals surface area contributed by atoms with Gasteiger partial charge in [-0.05, 0) is 11.5 Å². The van der Waals surface area contributed by atoms with Gasteiger partial charge in [0.05, 0.1) is 12.8 Å². The first-order valence-electron chi connectivity index (χ1n) is 6.68. The molecule has 1 heterocycles. The number of ether oxygens (including phenoxy) is 1. The molecule has 3 rings (SSSR count). The lowest BCUT2D eigenvalue weighted by molar-refractivity contribution is 0.262. The van der Waals surface area contributed by atoms with Crippen LogP contribution in [-0.4, -0.2) is 23.1 Å². The number of nitrogens with zero attached hydrogens (tertiary/aromatic N) is 2. The van der Waals surface area contributed by atoms with E-state index in [1.165, 1.54) is 13.4 Å². The highest BCUT2D eigenvalue weighted by atomic mass is 16.5. The lowest BCUT2D eigenvalue weighted by atomic mass is 10.1. The van der Waals surface area contributed by atoms with Gasteiger partial charge >= 0.3 is 6.03 Å². The average Bonchev–Trinajstić information content (AvgIpc) is 2.55. The third kappa shape index (κ3) is 2.95. The van der Waals surface area contributed by atoms with Crippen LogP contribution in [0.3, 0.4) is 0 Å². The molecule has 110 valence electrons. The van der Waals surface area contributed by atoms with Gasteiger partial charge in [-0.1, -0.05) is 36.4 Å². The first-order valence-corrected chi connectivity index (χ1v) is 6.68. The number of nitrogens with one attached hydrogen (secondary N) is 2. The number of fused-ring (bicyclic) bond motifs is 1. The number of methoxy groups -OCH3 is 1. The molecule has 0 saturated carbocycles. The topological polar surface area (TPSA) is 76.1 Å². The molecule has 6 nitrogen and oxygen atoms in total. The van der Waals surface area contributed by atoms with Crippen molar-refractivity contribution in [3.8, 4) is 5.88 Å². The lowest BCUT2D eigenvalue weighted by Crippen LogP contribution is -2.20. The number of amides is 2. The molecule has 0 spiro atoms. The minimum atomic E-state index is -0.378. The Morgan fingerprint density at radius 2 is 1.86 bits per heavy atom. The largest absolute Gasteiger partial charge is 0.481 e. The van der Waals surface area contributed by atoms with Gasteiger partial charge in [0.1, 0.15) is 12.1 Å². The van der Waals surface area contributed by atoms with E-state index >= 15 is 0 Å². The molecule has 3 aromatic rings. The smallest absolute Gasteiger partial charge is 0.324 e. The van der Waals surface area contributed by atoms with Crippen molar-refractivity contribution in [3.63, 3.8) is 0 Å². The maximum absolute atomic E-state index is 12.1. The van der Waals surface area contributed by atoms with Crippen LogP contribution in [0.2, 0.25) is 0 Å². The van der Waals surface area contributed by atoms with Crippen molar-refractivity contribution in [1.82, 2.24) is 9.97 Å². The number of hydrogen-bond acceptors (Lipinski definition) is 4. The summed E-state index contributed by atoms with van der Waals surface area (Å²) in [6.07, 6.45) is 1.33. The van der Waals surface area contributed by atoms with Gasteiger partial charge < -0.3 is 10.1 Å². The number of hydrogen-bond donors (Lipinski definition) is 2. The fourth-order valence-electron chi connectivity index (χ4n) is 2.12. The highest BCUT2D eigenvalue weighted by Crippen LogP contribution is 2.23. The molecular weight excluding hydrogens is 280 g/mol. The summed E-state index contributed by atoms with van der Waals surface area (Å²) in [6.45, 7) is 0. The molecule has 0 radical (unpaired) electrons. The van der Waals surface area contributed by atoms with E-state index in [4.69, 9.17) is 4.74 Å². The van der Waals surface area contributed by atoms with Crippen LogP contribution in [0.5, 0.6) is 5.88 Å². The normalized spacial score (nSPS) is 10.2. The molecule has 0 atom stereocenters. The van der Waals surface area contributed by atoms with Gasteiger partial charge in [-0.3, -0.25) is 5.32 Å². The summed E-state index contributed by atoms with van der Waals surface area (Å²) >= 11 is 0. The number of anilines is 2. The first kappa shape index (κ1) is 13.8. The molecule has 0 fully saturated rings. The second-order valence-corrected chi connectivity index (χ2v) is 4.55. The molecule has 0 aliphatic carbocycles. The van der Waals surface area contributed by atoms with Gasteiger partial charge in [-0.15, -0.1) is 0 Å². The van der Waals surface area contributed by atoms with Crippen molar-refractivity contribution >= 4 is 28.3 Å². The van der Waals surface area contributed by atoms with Crippen LogP contribution in [0.1, 0.15) is 0 Å². The van der Waals surface area contributed by atoms with Gasteiger partial charge in [0, 0.05) is 11.5 Å². The fraction of sp³-hybridized carbons (Fsp3) is 0.0625. The molecular formula is C16H14N4O2. The highest BCUT2D eigenvalue weighted by molar-refractivity contribution is 6.05. The van der Waals surface area contributed by atoms with Gasteiger partial charge in [0.2, 0.25) is 5.88 Å². The zero-order valence-corrected chi connectivity index (χ0v) is 11.9. The summed E-state index contributed by atoms with van der Waals surface area (Å²) in [4.78, 5) is 20.0. The van der Waals surface area contributed by atoms with E-state index in [0.29, 0.717) is 11.7 Å². The van der Waals surface area contributed by atoms with Crippen molar-refractivity contribution in [3.05, 3.63) is 54.9 Å². The number of aromatic nitrogens is 2. The van der Waals surface area contributed by atoms with E-state index in [2.05, 4.69) is 20.6 Å². The molecule has 1 aromatic heterocycles. The molecule has 2 aromatic carbocycles. The van der Waals surface area contributed by atoms with Gasteiger partial charge in [0.25, 0.3) is 0 Å². The van der Waals surface area contributed by atoms with E-state index in [0.717, 1.165) is 16.5 Å². The van der Waals surface area contributed by atoms with E-state index in [1.807, 2.05) is 42.5 Å². The highest BCUT2D eigenvalue weighted by Gasteiger charge is 2.07. The average molecular weight is 294 g/mol. The van der Waals surface area contributed by atoms with E-state index in [-0.39, 0.29) is 6.03 Å². The second-order valence-electron chi connectivity index (χ2n) is 4.55. The van der Waals surface area contributed by atoms with E-state index in [9.17, 15) is 4.79 Å². The minimum absolute atomic E-state index is 0.365. The Balaban J connectivity index is 1.78. The number of rotatable bonds is 3. The van der Waals surface area contributed by atoms with Gasteiger partial charge in [-0.25, -0.2) is 14.8 Å². The van der Waals surface area contributed by atoms with Crippen LogP contribution >= 0.6 is 0 Å². The predicted octanol–water partition coefficient (Wildman–Crippen LogP) is 3.28. The molecule has 0 unspecified atom stereocenters. The monoisotopic (exact) mass is 294 g/mol. The van der Waals surface area contributed by atoms with E-state index in [1.54, 1.807) is 6.07 Å². The summed E-state index contributed by atoms with van der Waals surface area (Å²) in [5.41, 5.74) is 0.733. The quantitative estimate of drug-likeness (QED) is 0.777. The zero-order valence-electron chi connectivity index (χ0n) is 11.9. The van der Waals surface area contributed by atoms with Crippen molar-refractivity contribution in [1.29, 1.82) is 0 Å². The third-order valence-corrected chi connectivity index (χ3v) is 3.13. The van der Waals surface area contributed by atoms with Crippen LogP contribution in [0.4, 0.5) is 16.3 Å². The summed E-state index contributed by atoms with van der Waals surface area (Å²) < 4.78 is 4.99. The Hall–Kier alpha value is -3.15. The molecule has 0 saturated heterocycles. The standard InChI is InChI=1S/C16H14N4O2/c1-22-15-9-14(17-10-18-15)20-16(21)19-13-8-4-6-11-5-2-3-7-12(11)13/h2-10H,1H3,(H2,17,18,19,20,21). The van der Waals surface area contributed by atoms with Crippen LogP contribution in [0, 0.1) is 0 Å². The Morgan fingerprint density at radius 1 is 1.05 bits per heavy atom. The Kier molecular flexibility index (Phi) is 3.82. The Bertz CT molecular complexity index is 815. The molecule has 0 aliphatic rings. The molecule has 0 aliphatic heterocycles. The van der Waals surface area contributed by atoms with Gasteiger partial charge in [-0.2, -0.15) is 0 Å². The van der Waals surface area contributed by atoms with Crippen molar-refractivity contribution < 1.29 is 9.53 Å². The summed E-state index contributed by atoms with van der Waals surface area (Å²) in [6, 6.07) is 14.7. The molecule has 22 heavy (non-hydrogen) atoms. The predicted molar refractivity (Wildman–Crippen MR) is 85.2 cm³/mol. The van der Waals surface area contributed by atoms with Gasteiger partial charge in [0.15, 0.2) is 0 Å². The Labute approximate surface area is 127 Å². The third-order valence-electron chi connectivity index (χ3n) is 3.13. The first-order chi connectivity index (χ1) is 10.8. The minimum Gasteiger partial charge on any atom is -0.481 e. The van der Waals surface area contributed by atoms with Crippen LogP contribution in [-0.2, 0) is 0 Å². The number of urea groups is 1. The summed E-state index contributed by atoms with van der Waals surface area (Å²) in [5, 5.41) is 7.50. The summed E-state index contributed by atoms with van der Waals surface area (Å²) in [5.74, 6) is 0.750. The Morgan fingerprint density at radius 3 is 2.73 bits per heavy atom. The maximum Gasteiger partial charge on any atom is 0.324 e. The maximum atomic E-state index is 12.1. The number of benzene rings is 2. The molecule has 6 heteroatoms.